The molecule has 2 aliphatic heterocycles. The Kier molecular flexibility index (Phi) is 3.57. The molecular formula is C14H15N3O4. The lowest BCUT2D eigenvalue weighted by molar-refractivity contribution is -0.134. The van der Waals surface area contributed by atoms with E-state index in [4.69, 9.17) is 4.74 Å². The average molecular weight is 289 g/mol. The maximum Gasteiger partial charge on any atom is 0.262 e. The van der Waals surface area contributed by atoms with E-state index in [2.05, 4.69) is 16.0 Å². The predicted octanol–water partition coefficient (Wildman–Crippen LogP) is -0.0877. The molecular weight excluding hydrogens is 274 g/mol. The van der Waals surface area contributed by atoms with Gasteiger partial charge in [0, 0.05) is 13.0 Å². The molecule has 110 valence electrons. The fourth-order valence-corrected chi connectivity index (χ4v) is 2.37. The van der Waals surface area contributed by atoms with Crippen molar-refractivity contribution in [2.24, 2.45) is 0 Å². The molecule has 3 amide bonds. The minimum atomic E-state index is -0.371. The minimum absolute atomic E-state index is 0.0286. The molecule has 0 bridgehead atoms. The van der Waals surface area contributed by atoms with E-state index in [1.165, 1.54) is 0 Å². The van der Waals surface area contributed by atoms with Gasteiger partial charge in [-0.3, -0.25) is 19.7 Å². The van der Waals surface area contributed by atoms with Crippen LogP contribution < -0.4 is 20.7 Å². The monoisotopic (exact) mass is 289 g/mol. The van der Waals surface area contributed by atoms with Crippen LogP contribution in [-0.4, -0.2) is 30.4 Å². The number of imide groups is 1. The van der Waals surface area contributed by atoms with Crippen molar-refractivity contribution in [1.82, 2.24) is 10.6 Å². The van der Waals surface area contributed by atoms with Crippen molar-refractivity contribution < 1.29 is 19.1 Å². The summed E-state index contributed by atoms with van der Waals surface area (Å²) in [4.78, 5) is 34.0. The molecule has 1 atom stereocenters. The van der Waals surface area contributed by atoms with Crippen LogP contribution in [0.5, 0.6) is 5.75 Å². The van der Waals surface area contributed by atoms with Crippen LogP contribution in [0.25, 0.3) is 0 Å². The topological polar surface area (TPSA) is 96.5 Å². The van der Waals surface area contributed by atoms with Gasteiger partial charge in [-0.25, -0.2) is 0 Å². The number of benzene rings is 1. The van der Waals surface area contributed by atoms with Crippen LogP contribution in [0.2, 0.25) is 0 Å². The van der Waals surface area contributed by atoms with E-state index < -0.39 is 0 Å². The molecule has 1 unspecified atom stereocenters. The lowest BCUT2D eigenvalue weighted by atomic mass is 10.1. The fourth-order valence-electron chi connectivity index (χ4n) is 2.37. The lowest BCUT2D eigenvalue weighted by Crippen LogP contribution is -2.50. The van der Waals surface area contributed by atoms with E-state index in [0.717, 1.165) is 5.56 Å². The average Bonchev–Trinajstić information content (AvgIpc) is 2.46. The summed E-state index contributed by atoms with van der Waals surface area (Å²) in [6.45, 7) is 0.496. The van der Waals surface area contributed by atoms with Crippen LogP contribution in [0.1, 0.15) is 18.4 Å². The predicted molar refractivity (Wildman–Crippen MR) is 73.6 cm³/mol. The van der Waals surface area contributed by atoms with E-state index in [1.54, 1.807) is 6.07 Å². The minimum Gasteiger partial charge on any atom is -0.482 e. The summed E-state index contributed by atoms with van der Waals surface area (Å²) in [6, 6.07) is 5.10. The van der Waals surface area contributed by atoms with Gasteiger partial charge >= 0.3 is 0 Å². The van der Waals surface area contributed by atoms with Crippen molar-refractivity contribution in [2.45, 2.75) is 25.4 Å². The largest absolute Gasteiger partial charge is 0.482 e. The summed E-state index contributed by atoms with van der Waals surface area (Å²) in [5.74, 6) is -0.0651. The number of piperidine rings is 1. The molecule has 21 heavy (non-hydrogen) atoms. The molecule has 7 nitrogen and oxygen atoms in total. The first kappa shape index (κ1) is 13.6. The van der Waals surface area contributed by atoms with Gasteiger partial charge in [-0.1, -0.05) is 6.07 Å². The number of hydrogen-bond acceptors (Lipinski definition) is 5. The Hall–Kier alpha value is -2.41. The fraction of sp³-hybridized carbons (Fsp3) is 0.357. The maximum absolute atomic E-state index is 11.6. The van der Waals surface area contributed by atoms with Gasteiger partial charge in [0.05, 0.1) is 11.7 Å². The van der Waals surface area contributed by atoms with Gasteiger partial charge < -0.3 is 15.4 Å². The molecule has 0 radical (unpaired) electrons. The Bertz CT molecular complexity index is 614. The first-order valence-electron chi connectivity index (χ1n) is 6.74. The normalized spacial score (nSPS) is 21.1. The Labute approximate surface area is 121 Å². The van der Waals surface area contributed by atoms with Crippen LogP contribution in [0.15, 0.2) is 18.2 Å². The summed E-state index contributed by atoms with van der Waals surface area (Å²) in [5, 5.41) is 8.15. The number of carbonyl (C=O) groups is 3. The van der Waals surface area contributed by atoms with Crippen molar-refractivity contribution in [1.29, 1.82) is 0 Å². The molecule has 0 spiro atoms. The van der Waals surface area contributed by atoms with Crippen molar-refractivity contribution in [2.75, 3.05) is 11.9 Å². The highest BCUT2D eigenvalue weighted by Gasteiger charge is 2.26. The molecule has 0 saturated carbocycles. The van der Waals surface area contributed by atoms with Crippen LogP contribution in [0, 0.1) is 0 Å². The summed E-state index contributed by atoms with van der Waals surface area (Å²) in [7, 11) is 0. The Morgan fingerprint density at radius 3 is 2.86 bits per heavy atom. The van der Waals surface area contributed by atoms with Crippen molar-refractivity contribution in [3.05, 3.63) is 23.8 Å². The third-order valence-electron chi connectivity index (χ3n) is 3.47. The summed E-state index contributed by atoms with van der Waals surface area (Å²) in [6.07, 6.45) is 0.840. The molecule has 2 aliphatic rings. The van der Waals surface area contributed by atoms with Crippen LogP contribution in [0.4, 0.5) is 5.69 Å². The number of amides is 3. The zero-order valence-electron chi connectivity index (χ0n) is 11.3. The molecule has 1 saturated heterocycles. The Morgan fingerprint density at radius 1 is 1.19 bits per heavy atom. The second kappa shape index (κ2) is 5.53. The highest BCUT2D eigenvalue weighted by molar-refractivity contribution is 6.00. The maximum atomic E-state index is 11.6. The highest BCUT2D eigenvalue weighted by Crippen LogP contribution is 2.28. The molecule has 2 heterocycles. The second-order valence-electron chi connectivity index (χ2n) is 5.05. The Morgan fingerprint density at radius 2 is 2.05 bits per heavy atom. The van der Waals surface area contributed by atoms with Crippen LogP contribution in [0.3, 0.4) is 0 Å². The van der Waals surface area contributed by atoms with Gasteiger partial charge in [-0.2, -0.15) is 0 Å². The molecule has 1 aromatic carbocycles. The van der Waals surface area contributed by atoms with Gasteiger partial charge in [0.25, 0.3) is 5.91 Å². The summed E-state index contributed by atoms with van der Waals surface area (Å²) < 4.78 is 5.28. The van der Waals surface area contributed by atoms with Crippen molar-refractivity contribution in [3.8, 4) is 5.75 Å². The molecule has 1 aromatic rings. The zero-order valence-corrected chi connectivity index (χ0v) is 11.3. The van der Waals surface area contributed by atoms with Crippen LogP contribution >= 0.6 is 0 Å². The smallest absolute Gasteiger partial charge is 0.262 e. The van der Waals surface area contributed by atoms with Gasteiger partial charge in [0.1, 0.15) is 5.75 Å². The molecule has 3 N–H and O–H groups in total. The van der Waals surface area contributed by atoms with Gasteiger partial charge in [-0.15, -0.1) is 0 Å². The first-order valence-corrected chi connectivity index (χ1v) is 6.74. The number of fused-ring (bicyclic) bond motifs is 1. The van der Waals surface area contributed by atoms with E-state index in [0.29, 0.717) is 30.8 Å². The molecule has 1 fully saturated rings. The van der Waals surface area contributed by atoms with E-state index >= 15 is 0 Å². The second-order valence-corrected chi connectivity index (χ2v) is 5.05. The highest BCUT2D eigenvalue weighted by atomic mass is 16.5. The van der Waals surface area contributed by atoms with Crippen molar-refractivity contribution >= 4 is 23.4 Å². The first-order chi connectivity index (χ1) is 10.1. The zero-order chi connectivity index (χ0) is 14.8. The molecule has 7 heteroatoms. The lowest BCUT2D eigenvalue weighted by Gasteiger charge is -2.22. The van der Waals surface area contributed by atoms with E-state index in [1.807, 2.05) is 12.1 Å². The molecule has 0 aromatic heterocycles. The van der Waals surface area contributed by atoms with Gasteiger partial charge in [-0.05, 0) is 24.1 Å². The number of rotatable bonds is 3. The van der Waals surface area contributed by atoms with Gasteiger partial charge in [0.15, 0.2) is 6.61 Å². The molecule has 3 rings (SSSR count). The van der Waals surface area contributed by atoms with E-state index in [9.17, 15) is 14.4 Å². The molecule has 0 aliphatic carbocycles. The Balaban J connectivity index is 1.63. The number of anilines is 1. The van der Waals surface area contributed by atoms with Crippen molar-refractivity contribution in [3.63, 3.8) is 0 Å². The summed E-state index contributed by atoms with van der Waals surface area (Å²) >= 11 is 0. The summed E-state index contributed by atoms with van der Waals surface area (Å²) in [5.41, 5.74) is 1.55. The van der Waals surface area contributed by atoms with E-state index in [-0.39, 0.29) is 30.4 Å². The number of nitrogens with one attached hydrogen (secondary N) is 3. The third-order valence-corrected chi connectivity index (χ3v) is 3.47. The number of carbonyl (C=O) groups excluding carboxylic acids is 3. The third kappa shape index (κ3) is 3.03. The van der Waals surface area contributed by atoms with Crippen LogP contribution in [-0.2, 0) is 20.9 Å². The number of ether oxygens (including phenoxy) is 1. The standard InChI is InChI=1S/C14H15N3O4/c18-12-4-2-9(14(20)17-12)15-6-8-1-3-11-10(5-8)16-13(19)7-21-11/h1,3,5,9,15H,2,4,6-7H2,(H,16,19)(H,17,18,20). The SMILES string of the molecule is O=C1CCC(NCc2ccc3c(c2)NC(=O)CO3)C(=O)N1. The number of hydrogen-bond donors (Lipinski definition) is 3. The quantitative estimate of drug-likeness (QED) is 0.676. The van der Waals surface area contributed by atoms with Gasteiger partial charge in [0.2, 0.25) is 11.8 Å².